The Bertz CT molecular complexity index is 616. The monoisotopic (exact) mass is 339 g/mol. The molecule has 0 heterocycles. The molecule has 136 valence electrons. The van der Waals surface area contributed by atoms with E-state index < -0.39 is 0 Å². The molecule has 1 atom stereocenters. The Morgan fingerprint density at radius 2 is 1.56 bits per heavy atom. The van der Waals surface area contributed by atoms with Crippen molar-refractivity contribution in [2.75, 3.05) is 26.2 Å². The van der Waals surface area contributed by atoms with E-state index in [0.29, 0.717) is 5.92 Å². The maximum atomic E-state index is 5.92. The van der Waals surface area contributed by atoms with Gasteiger partial charge in [-0.05, 0) is 54.8 Å². The van der Waals surface area contributed by atoms with Crippen molar-refractivity contribution in [3.8, 4) is 5.75 Å². The van der Waals surface area contributed by atoms with Gasteiger partial charge in [0, 0.05) is 12.5 Å². The third kappa shape index (κ3) is 5.34. The first-order valence-corrected chi connectivity index (χ1v) is 9.76. The van der Waals surface area contributed by atoms with Crippen LogP contribution >= 0.6 is 0 Å². The van der Waals surface area contributed by atoms with Crippen LogP contribution in [0.15, 0.2) is 48.5 Å². The molecule has 0 aliphatic rings. The van der Waals surface area contributed by atoms with Crippen LogP contribution in [0.3, 0.4) is 0 Å². The highest BCUT2D eigenvalue weighted by Crippen LogP contribution is 2.31. The number of likely N-dealkylation sites (N-methyl/N-ethyl adjacent to an activating group) is 1. The molecule has 0 aromatic heterocycles. The number of benzene rings is 2. The molecule has 1 unspecified atom stereocenters. The summed E-state index contributed by atoms with van der Waals surface area (Å²) in [7, 11) is 0. The largest absolute Gasteiger partial charge is 0.492 e. The molecule has 0 aliphatic carbocycles. The molecule has 2 aromatic rings. The van der Waals surface area contributed by atoms with Crippen LogP contribution in [0.4, 0.5) is 0 Å². The van der Waals surface area contributed by atoms with Gasteiger partial charge >= 0.3 is 0 Å². The highest BCUT2D eigenvalue weighted by atomic mass is 16.5. The smallest absolute Gasteiger partial charge is 0.119 e. The first kappa shape index (κ1) is 19.5. The van der Waals surface area contributed by atoms with Crippen molar-refractivity contribution in [1.29, 1.82) is 0 Å². The van der Waals surface area contributed by atoms with E-state index in [9.17, 15) is 0 Å². The Balaban J connectivity index is 2.04. The molecule has 0 saturated carbocycles. The number of ether oxygens (including phenoxy) is 1. The van der Waals surface area contributed by atoms with E-state index in [1.165, 1.54) is 16.7 Å². The van der Waals surface area contributed by atoms with E-state index in [4.69, 9.17) is 4.74 Å². The lowest BCUT2D eigenvalue weighted by Crippen LogP contribution is -2.27. The fourth-order valence-electron chi connectivity index (χ4n) is 3.46. The van der Waals surface area contributed by atoms with Crippen molar-refractivity contribution >= 4 is 0 Å². The molecule has 0 amide bonds. The van der Waals surface area contributed by atoms with Crippen molar-refractivity contribution < 1.29 is 4.74 Å². The minimum Gasteiger partial charge on any atom is -0.492 e. The Kier molecular flexibility index (Phi) is 8.00. The Morgan fingerprint density at radius 3 is 2.16 bits per heavy atom. The number of hydrogen-bond acceptors (Lipinski definition) is 2. The van der Waals surface area contributed by atoms with E-state index in [0.717, 1.165) is 44.8 Å². The Labute approximate surface area is 153 Å². The van der Waals surface area contributed by atoms with Crippen LogP contribution in [-0.4, -0.2) is 31.1 Å². The SMILES string of the molecule is CCc1ccccc1C(CC)c1ccc(OCCN(CC)CC)cc1. The van der Waals surface area contributed by atoms with Crippen LogP contribution in [-0.2, 0) is 6.42 Å². The highest BCUT2D eigenvalue weighted by Gasteiger charge is 2.15. The summed E-state index contributed by atoms with van der Waals surface area (Å²) in [5, 5.41) is 0. The molecule has 0 aliphatic heterocycles. The van der Waals surface area contributed by atoms with Crippen LogP contribution in [0.2, 0.25) is 0 Å². The van der Waals surface area contributed by atoms with Gasteiger partial charge in [0.1, 0.15) is 12.4 Å². The summed E-state index contributed by atoms with van der Waals surface area (Å²) in [6.45, 7) is 12.8. The van der Waals surface area contributed by atoms with Gasteiger partial charge in [0.2, 0.25) is 0 Å². The van der Waals surface area contributed by atoms with Gasteiger partial charge in [0.15, 0.2) is 0 Å². The molecular formula is C23H33NO. The Morgan fingerprint density at radius 1 is 0.880 bits per heavy atom. The quantitative estimate of drug-likeness (QED) is 0.566. The zero-order valence-corrected chi connectivity index (χ0v) is 16.3. The van der Waals surface area contributed by atoms with Crippen molar-refractivity contribution in [3.05, 3.63) is 65.2 Å². The second-order valence-electron chi connectivity index (χ2n) is 6.46. The normalized spacial score (nSPS) is 12.4. The van der Waals surface area contributed by atoms with Crippen molar-refractivity contribution in [2.24, 2.45) is 0 Å². The average molecular weight is 340 g/mol. The van der Waals surface area contributed by atoms with Crippen LogP contribution in [0.25, 0.3) is 0 Å². The molecule has 0 radical (unpaired) electrons. The van der Waals surface area contributed by atoms with Crippen LogP contribution < -0.4 is 4.74 Å². The van der Waals surface area contributed by atoms with Crippen molar-refractivity contribution in [2.45, 2.75) is 46.5 Å². The molecule has 0 fully saturated rings. The number of hydrogen-bond donors (Lipinski definition) is 0. The lowest BCUT2D eigenvalue weighted by molar-refractivity contribution is 0.223. The number of rotatable bonds is 10. The zero-order chi connectivity index (χ0) is 18.1. The molecule has 0 bridgehead atoms. The second-order valence-corrected chi connectivity index (χ2v) is 6.46. The maximum absolute atomic E-state index is 5.92. The highest BCUT2D eigenvalue weighted by molar-refractivity contribution is 5.39. The fourth-order valence-corrected chi connectivity index (χ4v) is 3.46. The van der Waals surface area contributed by atoms with Crippen LogP contribution in [0, 0.1) is 0 Å². The van der Waals surface area contributed by atoms with Gasteiger partial charge in [-0.1, -0.05) is 64.1 Å². The van der Waals surface area contributed by atoms with E-state index >= 15 is 0 Å². The molecule has 0 saturated heterocycles. The van der Waals surface area contributed by atoms with Crippen molar-refractivity contribution in [1.82, 2.24) is 4.90 Å². The summed E-state index contributed by atoms with van der Waals surface area (Å²) in [4.78, 5) is 2.38. The predicted octanol–water partition coefficient (Wildman–Crippen LogP) is 5.51. The number of aryl methyl sites for hydroxylation is 1. The first-order chi connectivity index (χ1) is 12.2. The van der Waals surface area contributed by atoms with E-state index in [2.05, 4.69) is 81.1 Å². The standard InChI is InChI=1S/C23H33NO/c1-5-19-11-9-10-12-23(19)22(6-2)20-13-15-21(16-14-20)25-18-17-24(7-3)8-4/h9-16,22H,5-8,17-18H2,1-4H3. The molecule has 2 heteroatoms. The lowest BCUT2D eigenvalue weighted by Gasteiger charge is -2.20. The summed E-state index contributed by atoms with van der Waals surface area (Å²) in [6.07, 6.45) is 2.19. The summed E-state index contributed by atoms with van der Waals surface area (Å²) >= 11 is 0. The number of nitrogens with zero attached hydrogens (tertiary/aromatic N) is 1. The van der Waals surface area contributed by atoms with Gasteiger partial charge in [-0.15, -0.1) is 0 Å². The fraction of sp³-hybridized carbons (Fsp3) is 0.478. The van der Waals surface area contributed by atoms with E-state index in [-0.39, 0.29) is 0 Å². The first-order valence-electron chi connectivity index (χ1n) is 9.76. The van der Waals surface area contributed by atoms with Gasteiger partial charge in [-0.3, -0.25) is 0 Å². The van der Waals surface area contributed by atoms with Crippen LogP contribution in [0.5, 0.6) is 5.75 Å². The van der Waals surface area contributed by atoms with Crippen LogP contribution in [0.1, 0.15) is 56.7 Å². The van der Waals surface area contributed by atoms with Gasteiger partial charge in [-0.2, -0.15) is 0 Å². The minimum absolute atomic E-state index is 0.459. The summed E-state index contributed by atoms with van der Waals surface area (Å²) in [5.74, 6) is 1.43. The van der Waals surface area contributed by atoms with Gasteiger partial charge in [0.05, 0.1) is 0 Å². The molecule has 2 aromatic carbocycles. The third-order valence-corrected chi connectivity index (χ3v) is 5.07. The Hall–Kier alpha value is -1.80. The molecule has 2 rings (SSSR count). The van der Waals surface area contributed by atoms with Gasteiger partial charge in [-0.25, -0.2) is 0 Å². The molecule has 2 nitrogen and oxygen atoms in total. The predicted molar refractivity (Wildman–Crippen MR) is 108 cm³/mol. The second kappa shape index (κ2) is 10.2. The summed E-state index contributed by atoms with van der Waals surface area (Å²) < 4.78 is 5.92. The lowest BCUT2D eigenvalue weighted by atomic mass is 9.85. The van der Waals surface area contributed by atoms with Gasteiger partial charge < -0.3 is 9.64 Å². The summed E-state index contributed by atoms with van der Waals surface area (Å²) in [6, 6.07) is 17.5. The third-order valence-electron chi connectivity index (χ3n) is 5.07. The molecule has 0 spiro atoms. The van der Waals surface area contributed by atoms with Gasteiger partial charge in [0.25, 0.3) is 0 Å². The minimum atomic E-state index is 0.459. The zero-order valence-electron chi connectivity index (χ0n) is 16.3. The van der Waals surface area contributed by atoms with Crippen molar-refractivity contribution in [3.63, 3.8) is 0 Å². The topological polar surface area (TPSA) is 12.5 Å². The molecule has 25 heavy (non-hydrogen) atoms. The molecule has 0 N–H and O–H groups in total. The summed E-state index contributed by atoms with van der Waals surface area (Å²) in [5.41, 5.74) is 4.29. The average Bonchev–Trinajstić information content (AvgIpc) is 2.67. The maximum Gasteiger partial charge on any atom is 0.119 e. The molecular weight excluding hydrogens is 306 g/mol. The van der Waals surface area contributed by atoms with E-state index in [1.807, 2.05) is 0 Å². The van der Waals surface area contributed by atoms with E-state index in [1.54, 1.807) is 0 Å².